The smallest absolute Gasteiger partial charge is 0.243 e. The van der Waals surface area contributed by atoms with E-state index in [0.29, 0.717) is 60.6 Å². The van der Waals surface area contributed by atoms with Crippen LogP contribution in [0.15, 0.2) is 71.7 Å². The summed E-state index contributed by atoms with van der Waals surface area (Å²) in [5.41, 5.74) is 3.55. The first-order chi connectivity index (χ1) is 21.2. The molecule has 2 amide bonds. The quantitative estimate of drug-likeness (QED) is 0.298. The fourth-order valence-electron chi connectivity index (χ4n) is 5.58. The second kappa shape index (κ2) is 13.5. The highest BCUT2D eigenvalue weighted by Crippen LogP contribution is 2.43. The summed E-state index contributed by atoms with van der Waals surface area (Å²) in [6.07, 6.45) is 4.01. The molecule has 1 saturated heterocycles. The van der Waals surface area contributed by atoms with Crippen LogP contribution in [0, 0.1) is 0 Å². The van der Waals surface area contributed by atoms with Crippen LogP contribution in [0.2, 0.25) is 0 Å². The topological polar surface area (TPSA) is 118 Å². The predicted octanol–water partition coefficient (Wildman–Crippen LogP) is 5.12. The summed E-state index contributed by atoms with van der Waals surface area (Å²) in [5.74, 6) is -0.0665. The maximum atomic E-state index is 13.5. The zero-order valence-corrected chi connectivity index (χ0v) is 26.1. The normalized spacial score (nSPS) is 16.7. The summed E-state index contributed by atoms with van der Waals surface area (Å²) in [4.78, 5) is 33.1. The molecule has 0 radical (unpaired) electrons. The molecule has 2 heterocycles. The second-order valence-corrected chi connectivity index (χ2v) is 12.7. The van der Waals surface area contributed by atoms with Crippen molar-refractivity contribution in [2.75, 3.05) is 48.7 Å². The van der Waals surface area contributed by atoms with Gasteiger partial charge in [-0.2, -0.15) is 0 Å². The monoisotopic (exact) mass is 618 g/mol. The van der Waals surface area contributed by atoms with E-state index in [1.165, 1.54) is 0 Å². The average Bonchev–Trinajstić information content (AvgIpc) is 3.33. The Kier molecular flexibility index (Phi) is 9.53. The Morgan fingerprint density at radius 2 is 1.59 bits per heavy atom. The van der Waals surface area contributed by atoms with Crippen LogP contribution < -0.4 is 19.1 Å². The molecular weight excluding hydrogens is 580 g/mol. The standard InChI is InChI=1S/C33H38N4O6S/c1-4-42-28-20-26-27(21-29(28)43-5-2)35-33(39)31(26)32(23-12-8-6-9-13-23)34-24-14-16-25(17-15-24)37(44(3,40)41)22-30(38)36-18-10-7-11-19-36/h6,8-9,12-17,20-21,31H,4-5,7,10-11,18-19,22H2,1-3H3,(H,35,39). The molecule has 1 N–H and O–H groups in total. The van der Waals surface area contributed by atoms with Gasteiger partial charge in [-0.3, -0.25) is 18.9 Å². The van der Waals surface area contributed by atoms with Gasteiger partial charge in [0.25, 0.3) is 0 Å². The molecule has 232 valence electrons. The number of aliphatic imine (C=N–C) groups is 1. The molecule has 2 aliphatic rings. The maximum Gasteiger partial charge on any atom is 0.243 e. The Morgan fingerprint density at radius 1 is 0.955 bits per heavy atom. The number of sulfonamides is 1. The van der Waals surface area contributed by atoms with Crippen molar-refractivity contribution in [3.05, 3.63) is 77.9 Å². The maximum absolute atomic E-state index is 13.5. The highest BCUT2D eigenvalue weighted by atomic mass is 32.2. The van der Waals surface area contributed by atoms with Gasteiger partial charge >= 0.3 is 0 Å². The van der Waals surface area contributed by atoms with Crippen LogP contribution in [0.4, 0.5) is 17.1 Å². The molecular formula is C33H38N4O6S. The minimum Gasteiger partial charge on any atom is -0.490 e. The Balaban J connectivity index is 1.50. The number of ether oxygens (including phenoxy) is 2. The van der Waals surface area contributed by atoms with Crippen LogP contribution in [-0.2, 0) is 19.6 Å². The highest BCUT2D eigenvalue weighted by Gasteiger charge is 2.37. The van der Waals surface area contributed by atoms with Gasteiger partial charge in [0, 0.05) is 24.8 Å². The summed E-state index contributed by atoms with van der Waals surface area (Å²) in [5, 5.41) is 2.97. The summed E-state index contributed by atoms with van der Waals surface area (Å²) in [7, 11) is -3.73. The number of hydrogen-bond donors (Lipinski definition) is 1. The van der Waals surface area contributed by atoms with Crippen molar-refractivity contribution in [1.82, 2.24) is 4.90 Å². The van der Waals surface area contributed by atoms with E-state index in [1.807, 2.05) is 50.2 Å². The number of hydrogen-bond acceptors (Lipinski definition) is 7. The fraction of sp³-hybridized carbons (Fsp3) is 0.364. The van der Waals surface area contributed by atoms with Gasteiger partial charge in [-0.1, -0.05) is 30.3 Å². The lowest BCUT2D eigenvalue weighted by molar-refractivity contribution is -0.130. The zero-order chi connectivity index (χ0) is 31.3. The number of anilines is 2. The van der Waals surface area contributed by atoms with E-state index in [0.717, 1.165) is 41.0 Å². The molecule has 11 heteroatoms. The Bertz CT molecular complexity index is 1630. The number of nitrogens with zero attached hydrogens (tertiary/aromatic N) is 3. The first-order valence-electron chi connectivity index (χ1n) is 14.9. The molecule has 0 spiro atoms. The largest absolute Gasteiger partial charge is 0.490 e. The number of nitrogens with one attached hydrogen (secondary N) is 1. The average molecular weight is 619 g/mol. The van der Waals surface area contributed by atoms with Crippen LogP contribution in [0.25, 0.3) is 0 Å². The van der Waals surface area contributed by atoms with Crippen LogP contribution in [0.5, 0.6) is 11.5 Å². The lowest BCUT2D eigenvalue weighted by atomic mass is 9.90. The van der Waals surface area contributed by atoms with Gasteiger partial charge in [0.2, 0.25) is 21.8 Å². The van der Waals surface area contributed by atoms with Crippen molar-refractivity contribution >= 4 is 44.6 Å². The molecule has 5 rings (SSSR count). The molecule has 2 aliphatic heterocycles. The third-order valence-electron chi connectivity index (χ3n) is 7.66. The van der Waals surface area contributed by atoms with Gasteiger partial charge < -0.3 is 19.7 Å². The van der Waals surface area contributed by atoms with Gasteiger partial charge in [-0.15, -0.1) is 0 Å². The molecule has 44 heavy (non-hydrogen) atoms. The molecule has 0 saturated carbocycles. The van der Waals surface area contributed by atoms with Crippen LogP contribution in [0.1, 0.15) is 50.2 Å². The van der Waals surface area contributed by atoms with E-state index in [2.05, 4.69) is 5.32 Å². The lowest BCUT2D eigenvalue weighted by Crippen LogP contribution is -2.44. The van der Waals surface area contributed by atoms with Crippen molar-refractivity contribution in [2.45, 2.75) is 39.0 Å². The van der Waals surface area contributed by atoms with Gasteiger partial charge in [0.1, 0.15) is 12.5 Å². The minimum absolute atomic E-state index is 0.214. The third kappa shape index (κ3) is 6.88. The lowest BCUT2D eigenvalue weighted by Gasteiger charge is -2.30. The number of benzene rings is 3. The SMILES string of the molecule is CCOc1cc2c(cc1OCC)C(C(=Nc1ccc(N(CC(=O)N3CCCCC3)S(C)(=O)=O)cc1)c1ccccc1)C(=O)N2. The van der Waals surface area contributed by atoms with E-state index in [4.69, 9.17) is 14.5 Å². The van der Waals surface area contributed by atoms with E-state index >= 15 is 0 Å². The first kappa shape index (κ1) is 31.1. The van der Waals surface area contributed by atoms with E-state index < -0.39 is 15.9 Å². The molecule has 1 atom stereocenters. The first-order valence-corrected chi connectivity index (χ1v) is 16.8. The van der Waals surface area contributed by atoms with E-state index in [1.54, 1.807) is 35.2 Å². The Labute approximate surface area is 258 Å². The summed E-state index contributed by atoms with van der Waals surface area (Å²) in [6, 6.07) is 19.7. The highest BCUT2D eigenvalue weighted by molar-refractivity contribution is 7.92. The van der Waals surface area contributed by atoms with E-state index in [9.17, 15) is 18.0 Å². The number of carbonyl (C=O) groups excluding carboxylic acids is 2. The predicted molar refractivity (Wildman–Crippen MR) is 172 cm³/mol. The van der Waals surface area contributed by atoms with Gasteiger partial charge in [0.05, 0.1) is 36.6 Å². The van der Waals surface area contributed by atoms with Crippen molar-refractivity contribution in [3.63, 3.8) is 0 Å². The van der Waals surface area contributed by atoms with Crippen LogP contribution >= 0.6 is 0 Å². The number of fused-ring (bicyclic) bond motifs is 1. The number of rotatable bonds is 11. The molecule has 1 unspecified atom stereocenters. The second-order valence-electron chi connectivity index (χ2n) is 10.8. The molecule has 3 aromatic rings. The molecule has 0 bridgehead atoms. The zero-order valence-electron chi connectivity index (χ0n) is 25.3. The number of piperidine rings is 1. The minimum atomic E-state index is -3.73. The van der Waals surface area contributed by atoms with Gasteiger partial charge in [-0.05, 0) is 74.6 Å². The summed E-state index contributed by atoms with van der Waals surface area (Å²) in [6.45, 7) is 5.68. The third-order valence-corrected chi connectivity index (χ3v) is 8.81. The van der Waals surface area contributed by atoms with Crippen molar-refractivity contribution in [2.24, 2.45) is 4.99 Å². The van der Waals surface area contributed by atoms with Crippen molar-refractivity contribution < 1.29 is 27.5 Å². The Morgan fingerprint density at radius 3 is 2.20 bits per heavy atom. The number of amides is 2. The molecule has 0 aliphatic carbocycles. The van der Waals surface area contributed by atoms with Crippen molar-refractivity contribution in [3.8, 4) is 11.5 Å². The van der Waals surface area contributed by atoms with E-state index in [-0.39, 0.29) is 18.4 Å². The summed E-state index contributed by atoms with van der Waals surface area (Å²) < 4.78 is 38.2. The molecule has 0 aromatic heterocycles. The van der Waals surface area contributed by atoms with Gasteiger partial charge in [0.15, 0.2) is 11.5 Å². The fourth-order valence-corrected chi connectivity index (χ4v) is 6.43. The molecule has 10 nitrogen and oxygen atoms in total. The summed E-state index contributed by atoms with van der Waals surface area (Å²) >= 11 is 0. The molecule has 1 fully saturated rings. The van der Waals surface area contributed by atoms with Crippen LogP contribution in [-0.4, -0.2) is 69.9 Å². The van der Waals surface area contributed by atoms with Crippen LogP contribution in [0.3, 0.4) is 0 Å². The Hall–Kier alpha value is -4.38. The van der Waals surface area contributed by atoms with Gasteiger partial charge in [-0.25, -0.2) is 8.42 Å². The number of carbonyl (C=O) groups is 2. The molecule has 3 aromatic carbocycles. The van der Waals surface area contributed by atoms with Crippen molar-refractivity contribution in [1.29, 1.82) is 0 Å². The number of likely N-dealkylation sites (tertiary alicyclic amines) is 1.